The van der Waals surface area contributed by atoms with E-state index in [1.165, 1.54) is 5.56 Å². The van der Waals surface area contributed by atoms with Crippen LogP contribution in [-0.4, -0.2) is 18.2 Å². The van der Waals surface area contributed by atoms with Gasteiger partial charge in [0.05, 0.1) is 5.69 Å². The lowest BCUT2D eigenvalue weighted by Gasteiger charge is -2.19. The Morgan fingerprint density at radius 2 is 2.21 bits per heavy atom. The van der Waals surface area contributed by atoms with E-state index in [9.17, 15) is 4.79 Å². The van der Waals surface area contributed by atoms with Crippen LogP contribution in [0.15, 0.2) is 29.3 Å². The second-order valence-electron chi connectivity index (χ2n) is 3.65. The summed E-state index contributed by atoms with van der Waals surface area (Å²) >= 11 is 0. The second kappa shape index (κ2) is 2.67. The van der Waals surface area contributed by atoms with E-state index in [-0.39, 0.29) is 11.8 Å². The Labute approximate surface area is 81.9 Å². The highest BCUT2D eigenvalue weighted by atomic mass is 16.2. The van der Waals surface area contributed by atoms with Crippen molar-refractivity contribution in [2.75, 3.05) is 6.54 Å². The highest BCUT2D eigenvalue weighted by molar-refractivity contribution is 6.43. The van der Waals surface area contributed by atoms with Crippen LogP contribution in [-0.2, 0) is 4.79 Å². The minimum atomic E-state index is -0.00236. The number of rotatable bonds is 0. The molecule has 0 bridgehead atoms. The lowest BCUT2D eigenvalue weighted by atomic mass is 9.90. The van der Waals surface area contributed by atoms with E-state index in [1.807, 2.05) is 18.2 Å². The zero-order chi connectivity index (χ0) is 9.54. The molecule has 2 aliphatic heterocycles. The maximum absolute atomic E-state index is 11.5. The minimum Gasteiger partial charge on any atom is -0.351 e. The Balaban J connectivity index is 2.13. The van der Waals surface area contributed by atoms with Gasteiger partial charge >= 0.3 is 0 Å². The Bertz CT molecular complexity index is 437. The van der Waals surface area contributed by atoms with Gasteiger partial charge in [0.15, 0.2) is 0 Å². The summed E-state index contributed by atoms with van der Waals surface area (Å²) in [4.78, 5) is 15.9. The van der Waals surface area contributed by atoms with Crippen LogP contribution in [0.1, 0.15) is 17.9 Å². The normalized spacial score (nSPS) is 23.6. The summed E-state index contributed by atoms with van der Waals surface area (Å²) in [5.74, 6) is 0.234. The van der Waals surface area contributed by atoms with Crippen molar-refractivity contribution < 1.29 is 4.79 Å². The number of fused-ring (bicyclic) bond motifs is 3. The van der Waals surface area contributed by atoms with Crippen LogP contribution in [0.25, 0.3) is 0 Å². The summed E-state index contributed by atoms with van der Waals surface area (Å²) in [7, 11) is 0. The molecule has 1 unspecified atom stereocenters. The van der Waals surface area contributed by atoms with Crippen LogP contribution >= 0.6 is 0 Å². The van der Waals surface area contributed by atoms with Crippen molar-refractivity contribution in [3.63, 3.8) is 0 Å². The molecule has 14 heavy (non-hydrogen) atoms. The molecule has 1 saturated heterocycles. The fraction of sp³-hybridized carbons (Fsp3) is 0.273. The molecule has 0 aromatic heterocycles. The first-order valence-corrected chi connectivity index (χ1v) is 4.82. The van der Waals surface area contributed by atoms with E-state index in [4.69, 9.17) is 0 Å². The summed E-state index contributed by atoms with van der Waals surface area (Å²) in [5.41, 5.74) is 2.86. The molecule has 1 atom stereocenters. The average Bonchev–Trinajstić information content (AvgIpc) is 2.59. The quantitative estimate of drug-likeness (QED) is 0.653. The molecule has 1 amide bonds. The van der Waals surface area contributed by atoms with E-state index < -0.39 is 0 Å². The van der Waals surface area contributed by atoms with Crippen LogP contribution < -0.4 is 5.32 Å². The maximum atomic E-state index is 11.5. The third-order valence-electron chi connectivity index (χ3n) is 2.83. The lowest BCUT2D eigenvalue weighted by molar-refractivity contribution is -0.115. The molecule has 0 spiro atoms. The number of carbonyl (C=O) groups is 1. The van der Waals surface area contributed by atoms with Crippen molar-refractivity contribution in [1.82, 2.24) is 5.32 Å². The van der Waals surface area contributed by atoms with Gasteiger partial charge in [-0.25, -0.2) is 4.99 Å². The van der Waals surface area contributed by atoms with Crippen LogP contribution in [0.2, 0.25) is 0 Å². The predicted molar refractivity (Wildman–Crippen MR) is 53.9 cm³/mol. The molecular formula is C11H10N2O. The molecular weight excluding hydrogens is 176 g/mol. The van der Waals surface area contributed by atoms with Crippen LogP contribution in [0.5, 0.6) is 0 Å². The van der Waals surface area contributed by atoms with Gasteiger partial charge in [0.1, 0.15) is 5.71 Å². The van der Waals surface area contributed by atoms with Crippen molar-refractivity contribution in [2.24, 2.45) is 4.99 Å². The molecule has 1 aromatic rings. The summed E-state index contributed by atoms with van der Waals surface area (Å²) in [6.45, 7) is 0.761. The molecule has 3 nitrogen and oxygen atoms in total. The lowest BCUT2D eigenvalue weighted by Crippen LogP contribution is -2.40. The molecule has 1 aromatic carbocycles. The number of aliphatic imine (C=N–C) groups is 1. The molecule has 70 valence electrons. The predicted octanol–water partition coefficient (Wildman–Crippen LogP) is 1.38. The van der Waals surface area contributed by atoms with Gasteiger partial charge in [-0.05, 0) is 18.1 Å². The second-order valence-corrected chi connectivity index (χ2v) is 3.65. The standard InChI is InChI=1S/C11H10N2O/c14-11-10-8(5-6-12-11)7-3-1-2-4-9(7)13-10/h1-4,8H,5-6H2,(H,12,14). The summed E-state index contributed by atoms with van der Waals surface area (Å²) in [5, 5.41) is 2.82. The summed E-state index contributed by atoms with van der Waals surface area (Å²) < 4.78 is 0. The smallest absolute Gasteiger partial charge is 0.266 e. The number of para-hydroxylation sites is 1. The molecule has 3 heteroatoms. The molecule has 2 heterocycles. The highest BCUT2D eigenvalue weighted by Gasteiger charge is 2.33. The topological polar surface area (TPSA) is 41.5 Å². The van der Waals surface area contributed by atoms with Crippen molar-refractivity contribution in [3.8, 4) is 0 Å². The van der Waals surface area contributed by atoms with Gasteiger partial charge in [0.2, 0.25) is 0 Å². The first kappa shape index (κ1) is 7.74. The van der Waals surface area contributed by atoms with Crippen LogP contribution in [0, 0.1) is 0 Å². The molecule has 1 fully saturated rings. The first-order valence-electron chi connectivity index (χ1n) is 4.82. The number of piperidine rings is 1. The number of carbonyl (C=O) groups excluding carboxylic acids is 1. The van der Waals surface area contributed by atoms with Gasteiger partial charge in [-0.3, -0.25) is 4.79 Å². The molecule has 3 rings (SSSR count). The number of benzene rings is 1. The maximum Gasteiger partial charge on any atom is 0.266 e. The van der Waals surface area contributed by atoms with E-state index >= 15 is 0 Å². The van der Waals surface area contributed by atoms with Crippen molar-refractivity contribution in [2.45, 2.75) is 12.3 Å². The number of amides is 1. The van der Waals surface area contributed by atoms with Crippen LogP contribution in [0.3, 0.4) is 0 Å². The average molecular weight is 186 g/mol. The fourth-order valence-corrected chi connectivity index (χ4v) is 2.16. The number of hydrogen-bond donors (Lipinski definition) is 1. The number of hydrogen-bond acceptors (Lipinski definition) is 2. The Morgan fingerprint density at radius 3 is 3.14 bits per heavy atom. The molecule has 0 saturated carbocycles. The third kappa shape index (κ3) is 0.923. The van der Waals surface area contributed by atoms with Gasteiger partial charge in [0, 0.05) is 12.5 Å². The van der Waals surface area contributed by atoms with Crippen molar-refractivity contribution in [1.29, 1.82) is 0 Å². The molecule has 1 N–H and O–H groups in total. The first-order chi connectivity index (χ1) is 6.86. The number of nitrogens with one attached hydrogen (secondary N) is 1. The van der Waals surface area contributed by atoms with Crippen molar-refractivity contribution >= 4 is 17.3 Å². The largest absolute Gasteiger partial charge is 0.351 e. The summed E-state index contributed by atoms with van der Waals surface area (Å²) in [6.07, 6.45) is 0.974. The van der Waals surface area contributed by atoms with Crippen LogP contribution in [0.4, 0.5) is 5.69 Å². The Kier molecular flexibility index (Phi) is 1.48. The zero-order valence-corrected chi connectivity index (χ0v) is 7.66. The van der Waals surface area contributed by atoms with Gasteiger partial charge in [0.25, 0.3) is 5.91 Å². The Morgan fingerprint density at radius 1 is 1.36 bits per heavy atom. The molecule has 0 aliphatic carbocycles. The Hall–Kier alpha value is -1.64. The SMILES string of the molecule is O=C1NCCC2C1=Nc1ccccc12. The zero-order valence-electron chi connectivity index (χ0n) is 7.66. The monoisotopic (exact) mass is 186 g/mol. The molecule has 0 radical (unpaired) electrons. The fourth-order valence-electron chi connectivity index (χ4n) is 2.16. The van der Waals surface area contributed by atoms with Gasteiger partial charge in [-0.15, -0.1) is 0 Å². The van der Waals surface area contributed by atoms with E-state index in [2.05, 4.69) is 16.4 Å². The van der Waals surface area contributed by atoms with E-state index in [0.29, 0.717) is 5.71 Å². The van der Waals surface area contributed by atoms with E-state index in [1.54, 1.807) is 0 Å². The van der Waals surface area contributed by atoms with Gasteiger partial charge < -0.3 is 5.32 Å². The van der Waals surface area contributed by atoms with Gasteiger partial charge in [-0.2, -0.15) is 0 Å². The minimum absolute atomic E-state index is 0.00236. The van der Waals surface area contributed by atoms with Crippen molar-refractivity contribution in [3.05, 3.63) is 29.8 Å². The molecule has 2 aliphatic rings. The number of nitrogens with zero attached hydrogens (tertiary/aromatic N) is 1. The third-order valence-corrected chi connectivity index (χ3v) is 2.83. The highest BCUT2D eigenvalue weighted by Crippen LogP contribution is 2.38. The van der Waals surface area contributed by atoms with Gasteiger partial charge in [-0.1, -0.05) is 18.2 Å². The van der Waals surface area contributed by atoms with E-state index in [0.717, 1.165) is 18.7 Å². The summed E-state index contributed by atoms with van der Waals surface area (Å²) in [6, 6.07) is 7.99.